The molecule has 5 nitrogen and oxygen atoms in total. The number of fused-ring (bicyclic) bond motifs is 1. The van der Waals surface area contributed by atoms with Gasteiger partial charge in [0.15, 0.2) is 0 Å². The number of amides is 1. The molecule has 1 aliphatic rings. The quantitative estimate of drug-likeness (QED) is 0.522. The summed E-state index contributed by atoms with van der Waals surface area (Å²) in [5, 5.41) is 0. The first-order valence-corrected chi connectivity index (χ1v) is 10.3. The number of hydrogen-bond donors (Lipinski definition) is 0. The Hall–Kier alpha value is -3.44. The molecular formula is C25H24N4O. The third kappa shape index (κ3) is 3.37. The van der Waals surface area contributed by atoms with Crippen molar-refractivity contribution in [2.75, 3.05) is 26.7 Å². The number of benzene rings is 3. The summed E-state index contributed by atoms with van der Waals surface area (Å²) in [6.07, 6.45) is 1.83. The van der Waals surface area contributed by atoms with Gasteiger partial charge in [0.1, 0.15) is 6.33 Å². The molecule has 2 heterocycles. The monoisotopic (exact) mass is 396 g/mol. The van der Waals surface area contributed by atoms with Gasteiger partial charge in [-0.1, -0.05) is 42.5 Å². The molecule has 1 amide bonds. The van der Waals surface area contributed by atoms with Crippen LogP contribution in [0.5, 0.6) is 0 Å². The number of carbonyl (C=O) groups excluding carboxylic acids is 1. The van der Waals surface area contributed by atoms with Gasteiger partial charge < -0.3 is 9.80 Å². The number of likely N-dealkylation sites (N-methyl/N-ethyl adjacent to an activating group) is 1. The van der Waals surface area contributed by atoms with Gasteiger partial charge in [0, 0.05) is 30.9 Å². The molecule has 30 heavy (non-hydrogen) atoms. The summed E-state index contributed by atoms with van der Waals surface area (Å²) in [4.78, 5) is 22.1. The lowest BCUT2D eigenvalue weighted by molar-refractivity contribution is 0.0498. The van der Waals surface area contributed by atoms with E-state index in [4.69, 9.17) is 0 Å². The minimum absolute atomic E-state index is 0.0646. The maximum absolute atomic E-state index is 13.4. The second-order valence-corrected chi connectivity index (χ2v) is 7.84. The van der Waals surface area contributed by atoms with Crippen molar-refractivity contribution in [2.24, 2.45) is 0 Å². The molecule has 0 N–H and O–H groups in total. The van der Waals surface area contributed by atoms with Crippen LogP contribution in [0.3, 0.4) is 0 Å². The van der Waals surface area contributed by atoms with Crippen LogP contribution in [0, 0.1) is 0 Å². The minimum Gasteiger partial charge on any atom is -0.329 e. The standard InChI is InChI=1S/C25H24N4O/c1-27-15-16-28(24(17-27)19-7-3-2-4-8-19)25(30)20-11-13-21(14-12-20)29-18-26-22-9-5-6-10-23(22)29/h2-14,18,24H,15-17H2,1H3. The molecule has 3 aromatic carbocycles. The van der Waals surface area contributed by atoms with Crippen LogP contribution < -0.4 is 0 Å². The topological polar surface area (TPSA) is 41.4 Å². The molecule has 0 spiro atoms. The predicted octanol–water partition coefficient (Wildman–Crippen LogP) is 4.15. The highest BCUT2D eigenvalue weighted by Gasteiger charge is 2.30. The Morgan fingerprint density at radius 3 is 2.43 bits per heavy atom. The third-order valence-electron chi connectivity index (χ3n) is 5.87. The summed E-state index contributed by atoms with van der Waals surface area (Å²) in [7, 11) is 2.11. The second kappa shape index (κ2) is 7.76. The minimum atomic E-state index is 0.0646. The molecule has 0 bridgehead atoms. The molecule has 5 heteroatoms. The molecule has 1 fully saturated rings. The van der Waals surface area contributed by atoms with E-state index in [1.807, 2.05) is 76.5 Å². The summed E-state index contributed by atoms with van der Waals surface area (Å²) in [6, 6.07) is 26.3. The summed E-state index contributed by atoms with van der Waals surface area (Å²) >= 11 is 0. The van der Waals surface area contributed by atoms with Crippen LogP contribution in [-0.2, 0) is 0 Å². The Morgan fingerprint density at radius 1 is 0.900 bits per heavy atom. The number of carbonyl (C=O) groups is 1. The largest absolute Gasteiger partial charge is 0.329 e. The van der Waals surface area contributed by atoms with Crippen LogP contribution in [0.4, 0.5) is 0 Å². The summed E-state index contributed by atoms with van der Waals surface area (Å²) in [6.45, 7) is 2.45. The lowest BCUT2D eigenvalue weighted by Gasteiger charge is -2.40. The predicted molar refractivity (Wildman–Crippen MR) is 119 cm³/mol. The molecule has 1 atom stereocenters. The van der Waals surface area contributed by atoms with E-state index < -0.39 is 0 Å². The maximum atomic E-state index is 13.4. The molecular weight excluding hydrogens is 372 g/mol. The zero-order valence-corrected chi connectivity index (χ0v) is 17.0. The van der Waals surface area contributed by atoms with Crippen molar-refractivity contribution in [3.63, 3.8) is 0 Å². The normalized spacial score (nSPS) is 17.4. The third-order valence-corrected chi connectivity index (χ3v) is 5.87. The lowest BCUT2D eigenvalue weighted by Crippen LogP contribution is -2.49. The van der Waals surface area contributed by atoms with Crippen LogP contribution >= 0.6 is 0 Å². The number of imidazole rings is 1. The Bertz CT molecular complexity index is 1170. The average Bonchev–Trinajstić information content (AvgIpc) is 3.23. The SMILES string of the molecule is CN1CCN(C(=O)c2ccc(-n3cnc4ccccc43)cc2)C(c2ccccc2)C1. The van der Waals surface area contributed by atoms with E-state index in [9.17, 15) is 4.79 Å². The van der Waals surface area contributed by atoms with Crippen molar-refractivity contribution in [3.8, 4) is 5.69 Å². The van der Waals surface area contributed by atoms with Crippen molar-refractivity contribution >= 4 is 16.9 Å². The summed E-state index contributed by atoms with van der Waals surface area (Å²) in [5.74, 6) is 0.0824. The summed E-state index contributed by atoms with van der Waals surface area (Å²) in [5.41, 5.74) is 4.91. The molecule has 1 aliphatic heterocycles. The van der Waals surface area contributed by atoms with Crippen LogP contribution in [0.2, 0.25) is 0 Å². The molecule has 150 valence electrons. The molecule has 0 saturated carbocycles. The van der Waals surface area contributed by atoms with Crippen LogP contribution in [0.25, 0.3) is 16.7 Å². The van der Waals surface area contributed by atoms with Gasteiger partial charge in [-0.3, -0.25) is 9.36 Å². The Morgan fingerprint density at radius 2 is 1.63 bits per heavy atom. The van der Waals surface area contributed by atoms with Gasteiger partial charge in [-0.05, 0) is 49.0 Å². The number of hydrogen-bond acceptors (Lipinski definition) is 3. The summed E-state index contributed by atoms with van der Waals surface area (Å²) < 4.78 is 2.05. The molecule has 1 aromatic heterocycles. The highest BCUT2D eigenvalue weighted by atomic mass is 16.2. The van der Waals surface area contributed by atoms with E-state index in [1.165, 1.54) is 5.56 Å². The molecule has 1 unspecified atom stereocenters. The van der Waals surface area contributed by atoms with E-state index in [-0.39, 0.29) is 11.9 Å². The van der Waals surface area contributed by atoms with Gasteiger partial charge in [0.05, 0.1) is 17.1 Å². The fraction of sp³-hybridized carbons (Fsp3) is 0.200. The van der Waals surface area contributed by atoms with Crippen LogP contribution in [-0.4, -0.2) is 51.9 Å². The first kappa shape index (κ1) is 18.6. The van der Waals surface area contributed by atoms with Crippen molar-refractivity contribution in [3.05, 3.63) is 96.3 Å². The number of piperazine rings is 1. The molecule has 0 aliphatic carbocycles. The smallest absolute Gasteiger partial charge is 0.254 e. The Kier molecular flexibility index (Phi) is 4.81. The van der Waals surface area contributed by atoms with Gasteiger partial charge in [-0.15, -0.1) is 0 Å². The first-order chi connectivity index (χ1) is 14.7. The number of rotatable bonds is 3. The lowest BCUT2D eigenvalue weighted by atomic mass is 10.0. The van der Waals surface area contributed by atoms with Crippen LogP contribution in [0.1, 0.15) is 22.0 Å². The number of aromatic nitrogens is 2. The average molecular weight is 396 g/mol. The van der Waals surface area contributed by atoms with E-state index in [0.717, 1.165) is 36.4 Å². The molecule has 4 aromatic rings. The Labute approximate surface area is 176 Å². The van der Waals surface area contributed by atoms with Gasteiger partial charge in [-0.2, -0.15) is 0 Å². The van der Waals surface area contributed by atoms with Crippen LogP contribution in [0.15, 0.2) is 85.2 Å². The second-order valence-electron chi connectivity index (χ2n) is 7.84. The van der Waals surface area contributed by atoms with E-state index in [0.29, 0.717) is 5.56 Å². The molecule has 1 saturated heterocycles. The van der Waals surface area contributed by atoms with Gasteiger partial charge in [0.25, 0.3) is 5.91 Å². The highest BCUT2D eigenvalue weighted by molar-refractivity contribution is 5.95. The van der Waals surface area contributed by atoms with Gasteiger partial charge in [0.2, 0.25) is 0 Å². The molecule has 0 radical (unpaired) electrons. The highest BCUT2D eigenvalue weighted by Crippen LogP contribution is 2.27. The molecule has 5 rings (SSSR count). The van der Waals surface area contributed by atoms with Gasteiger partial charge in [-0.25, -0.2) is 4.98 Å². The first-order valence-electron chi connectivity index (χ1n) is 10.3. The van der Waals surface area contributed by atoms with Gasteiger partial charge >= 0.3 is 0 Å². The van der Waals surface area contributed by atoms with Crippen molar-refractivity contribution in [1.29, 1.82) is 0 Å². The van der Waals surface area contributed by atoms with E-state index in [2.05, 4.69) is 35.1 Å². The zero-order valence-electron chi connectivity index (χ0n) is 17.0. The zero-order chi connectivity index (χ0) is 20.5. The number of nitrogens with zero attached hydrogens (tertiary/aromatic N) is 4. The van der Waals surface area contributed by atoms with Crippen molar-refractivity contribution < 1.29 is 4.79 Å². The van der Waals surface area contributed by atoms with E-state index >= 15 is 0 Å². The fourth-order valence-corrected chi connectivity index (χ4v) is 4.22. The maximum Gasteiger partial charge on any atom is 0.254 e. The Balaban J connectivity index is 1.43. The van der Waals surface area contributed by atoms with E-state index in [1.54, 1.807) is 0 Å². The van der Waals surface area contributed by atoms with Crippen molar-refractivity contribution in [1.82, 2.24) is 19.4 Å². The number of para-hydroxylation sites is 2. The van der Waals surface area contributed by atoms with Crippen molar-refractivity contribution in [2.45, 2.75) is 6.04 Å². The fourth-order valence-electron chi connectivity index (χ4n) is 4.22.